The molecule has 0 radical (unpaired) electrons. The molecule has 23 heavy (non-hydrogen) atoms. The zero-order valence-corrected chi connectivity index (χ0v) is 12.8. The minimum absolute atomic E-state index is 0.00103. The van der Waals surface area contributed by atoms with Crippen LogP contribution in [0.5, 0.6) is 0 Å². The number of benzene rings is 1. The molecule has 1 amide bonds. The summed E-state index contributed by atoms with van der Waals surface area (Å²) in [5.74, 6) is -1.87. The van der Waals surface area contributed by atoms with Gasteiger partial charge in [0.05, 0.1) is 0 Å². The first-order chi connectivity index (χ1) is 11.0. The highest BCUT2D eigenvalue weighted by atomic mass is 19.2. The number of amides is 1. The number of rotatable bonds is 6. The molecule has 1 aromatic carbocycles. The van der Waals surface area contributed by atoms with Crippen LogP contribution in [0.15, 0.2) is 30.3 Å². The molecule has 0 atom stereocenters. The first kappa shape index (κ1) is 16.8. The molecule has 0 fully saturated rings. The summed E-state index contributed by atoms with van der Waals surface area (Å²) in [5.41, 5.74) is -0.00103. The topological polar surface area (TPSA) is 70.2 Å². The number of carbonyl (C=O) groups is 1. The van der Waals surface area contributed by atoms with Gasteiger partial charge in [0.15, 0.2) is 17.5 Å². The van der Waals surface area contributed by atoms with Crippen LogP contribution in [-0.4, -0.2) is 48.2 Å². The molecule has 2 N–H and O–H groups in total. The summed E-state index contributed by atoms with van der Waals surface area (Å²) in [6.45, 7) is 1.55. The van der Waals surface area contributed by atoms with Crippen LogP contribution in [0.3, 0.4) is 0 Å². The third kappa shape index (κ3) is 4.96. The van der Waals surface area contributed by atoms with Gasteiger partial charge in [-0.3, -0.25) is 4.79 Å². The fraction of sp³-hybridized carbons (Fsp3) is 0.267. The summed E-state index contributed by atoms with van der Waals surface area (Å²) >= 11 is 0. The molecular formula is C15H17F2N5O. The van der Waals surface area contributed by atoms with Crippen molar-refractivity contribution in [1.82, 2.24) is 15.1 Å². The molecular weight excluding hydrogens is 304 g/mol. The van der Waals surface area contributed by atoms with E-state index in [0.717, 1.165) is 18.7 Å². The zero-order chi connectivity index (χ0) is 16.8. The van der Waals surface area contributed by atoms with Crippen LogP contribution in [0, 0.1) is 11.6 Å². The molecule has 0 aliphatic rings. The summed E-state index contributed by atoms with van der Waals surface area (Å²) in [6.07, 6.45) is 0. The third-order valence-corrected chi connectivity index (χ3v) is 2.95. The molecule has 0 aliphatic carbocycles. The van der Waals surface area contributed by atoms with Gasteiger partial charge in [-0.2, -0.15) is 0 Å². The highest BCUT2D eigenvalue weighted by molar-refractivity contribution is 6.03. The first-order valence-electron chi connectivity index (χ1n) is 6.94. The first-order valence-corrected chi connectivity index (χ1v) is 6.94. The SMILES string of the molecule is CN(C)CCNc1ccc(NC(=O)c2ccc(F)c(F)c2)nn1. The summed E-state index contributed by atoms with van der Waals surface area (Å²) in [6, 6.07) is 6.16. The Labute approximate surface area is 132 Å². The van der Waals surface area contributed by atoms with Gasteiger partial charge in [0.25, 0.3) is 5.91 Å². The Balaban J connectivity index is 1.94. The van der Waals surface area contributed by atoms with Gasteiger partial charge in [-0.1, -0.05) is 0 Å². The van der Waals surface area contributed by atoms with E-state index in [0.29, 0.717) is 12.4 Å². The Hall–Kier alpha value is -2.61. The standard InChI is InChI=1S/C15H17F2N5O/c1-22(2)8-7-18-13-5-6-14(21-20-13)19-15(23)10-3-4-11(16)12(17)9-10/h3-6,9H,7-8H2,1-2H3,(H,18,20)(H,19,21,23). The van der Waals surface area contributed by atoms with Crippen LogP contribution in [0.2, 0.25) is 0 Å². The monoisotopic (exact) mass is 321 g/mol. The maximum Gasteiger partial charge on any atom is 0.256 e. The molecule has 0 unspecified atom stereocenters. The number of likely N-dealkylation sites (N-methyl/N-ethyl adjacent to an activating group) is 1. The van der Waals surface area contributed by atoms with E-state index in [1.807, 2.05) is 19.0 Å². The number of hydrogen-bond acceptors (Lipinski definition) is 5. The number of hydrogen-bond donors (Lipinski definition) is 2. The molecule has 1 heterocycles. The van der Waals surface area contributed by atoms with E-state index >= 15 is 0 Å². The van der Waals surface area contributed by atoms with Crippen molar-refractivity contribution in [3.63, 3.8) is 0 Å². The zero-order valence-electron chi connectivity index (χ0n) is 12.8. The number of halogens is 2. The molecule has 0 saturated heterocycles. The molecule has 8 heteroatoms. The van der Waals surface area contributed by atoms with E-state index in [2.05, 4.69) is 20.8 Å². The lowest BCUT2D eigenvalue weighted by Crippen LogP contribution is -2.21. The van der Waals surface area contributed by atoms with Crippen molar-refractivity contribution < 1.29 is 13.6 Å². The lowest BCUT2D eigenvalue weighted by Gasteiger charge is -2.10. The van der Waals surface area contributed by atoms with Gasteiger partial charge in [0, 0.05) is 18.7 Å². The minimum atomic E-state index is -1.08. The van der Waals surface area contributed by atoms with Crippen molar-refractivity contribution in [2.45, 2.75) is 0 Å². The predicted molar refractivity (Wildman–Crippen MR) is 83.4 cm³/mol. The normalized spacial score (nSPS) is 10.7. The number of aromatic nitrogens is 2. The van der Waals surface area contributed by atoms with Gasteiger partial charge in [-0.05, 0) is 44.4 Å². The third-order valence-electron chi connectivity index (χ3n) is 2.95. The lowest BCUT2D eigenvalue weighted by molar-refractivity contribution is 0.102. The van der Waals surface area contributed by atoms with Crippen molar-refractivity contribution in [3.05, 3.63) is 47.5 Å². The predicted octanol–water partition coefficient (Wildman–Crippen LogP) is 1.98. The second-order valence-electron chi connectivity index (χ2n) is 5.12. The van der Waals surface area contributed by atoms with Crippen LogP contribution >= 0.6 is 0 Å². The van der Waals surface area contributed by atoms with Gasteiger partial charge in [-0.15, -0.1) is 10.2 Å². The average Bonchev–Trinajstić information content (AvgIpc) is 2.51. The molecule has 2 rings (SSSR count). The fourth-order valence-electron chi connectivity index (χ4n) is 1.73. The number of nitrogens with one attached hydrogen (secondary N) is 2. The van der Waals surface area contributed by atoms with Crippen LogP contribution in [0.4, 0.5) is 20.4 Å². The Morgan fingerprint density at radius 3 is 2.39 bits per heavy atom. The summed E-state index contributed by atoms with van der Waals surface area (Å²) in [5, 5.41) is 13.3. The highest BCUT2D eigenvalue weighted by Gasteiger charge is 2.10. The lowest BCUT2D eigenvalue weighted by atomic mass is 10.2. The van der Waals surface area contributed by atoms with Crippen LogP contribution < -0.4 is 10.6 Å². The van der Waals surface area contributed by atoms with Crippen LogP contribution in [0.1, 0.15) is 10.4 Å². The number of anilines is 2. The van der Waals surface area contributed by atoms with E-state index in [9.17, 15) is 13.6 Å². The highest BCUT2D eigenvalue weighted by Crippen LogP contribution is 2.11. The molecule has 0 spiro atoms. The van der Waals surface area contributed by atoms with Gasteiger partial charge in [0.1, 0.15) is 5.82 Å². The second-order valence-corrected chi connectivity index (χ2v) is 5.12. The maximum atomic E-state index is 13.1. The average molecular weight is 321 g/mol. The Morgan fingerprint density at radius 2 is 1.78 bits per heavy atom. The largest absolute Gasteiger partial charge is 0.367 e. The number of nitrogens with zero attached hydrogens (tertiary/aromatic N) is 3. The number of carbonyl (C=O) groups excluding carboxylic acids is 1. The second kappa shape index (κ2) is 7.59. The van der Waals surface area contributed by atoms with Gasteiger partial charge in [-0.25, -0.2) is 8.78 Å². The summed E-state index contributed by atoms with van der Waals surface area (Å²) < 4.78 is 26.0. The molecule has 122 valence electrons. The summed E-state index contributed by atoms with van der Waals surface area (Å²) in [4.78, 5) is 13.9. The maximum absolute atomic E-state index is 13.1. The molecule has 6 nitrogen and oxygen atoms in total. The summed E-state index contributed by atoms with van der Waals surface area (Å²) in [7, 11) is 3.93. The minimum Gasteiger partial charge on any atom is -0.367 e. The van der Waals surface area contributed by atoms with E-state index in [4.69, 9.17) is 0 Å². The van der Waals surface area contributed by atoms with Crippen molar-refractivity contribution >= 4 is 17.5 Å². The Bertz CT molecular complexity index is 676. The van der Waals surface area contributed by atoms with E-state index < -0.39 is 17.5 Å². The molecule has 0 bridgehead atoms. The van der Waals surface area contributed by atoms with Gasteiger partial charge in [0.2, 0.25) is 0 Å². The van der Waals surface area contributed by atoms with Crippen molar-refractivity contribution in [2.75, 3.05) is 37.8 Å². The Morgan fingerprint density at radius 1 is 1.09 bits per heavy atom. The molecule has 0 aliphatic heterocycles. The van der Waals surface area contributed by atoms with E-state index in [1.54, 1.807) is 12.1 Å². The molecule has 1 aromatic heterocycles. The van der Waals surface area contributed by atoms with Gasteiger partial charge >= 0.3 is 0 Å². The van der Waals surface area contributed by atoms with E-state index in [1.165, 1.54) is 6.07 Å². The smallest absolute Gasteiger partial charge is 0.256 e. The van der Waals surface area contributed by atoms with Crippen molar-refractivity contribution in [2.24, 2.45) is 0 Å². The van der Waals surface area contributed by atoms with Crippen molar-refractivity contribution in [3.8, 4) is 0 Å². The fourth-order valence-corrected chi connectivity index (χ4v) is 1.73. The molecule has 2 aromatic rings. The Kier molecular flexibility index (Phi) is 5.53. The van der Waals surface area contributed by atoms with Crippen LogP contribution in [-0.2, 0) is 0 Å². The quantitative estimate of drug-likeness (QED) is 0.851. The van der Waals surface area contributed by atoms with Gasteiger partial charge < -0.3 is 15.5 Å². The molecule has 0 saturated carbocycles. The van der Waals surface area contributed by atoms with E-state index in [-0.39, 0.29) is 11.4 Å². The van der Waals surface area contributed by atoms with Crippen molar-refractivity contribution in [1.29, 1.82) is 0 Å². The van der Waals surface area contributed by atoms with Crippen LogP contribution in [0.25, 0.3) is 0 Å².